The minimum Gasteiger partial charge on any atom is -0.545 e. The predicted molar refractivity (Wildman–Crippen MR) is 72.2 cm³/mol. The summed E-state index contributed by atoms with van der Waals surface area (Å²) in [5.41, 5.74) is -1.01. The molecular weight excluding hydrogens is 272 g/mol. The van der Waals surface area contributed by atoms with Crippen LogP contribution in [0.2, 0.25) is 0 Å². The maximum absolute atomic E-state index is 12.7. The average molecular weight is 287 g/mol. The highest BCUT2D eigenvalue weighted by atomic mass is 16.4. The van der Waals surface area contributed by atoms with Crippen LogP contribution in [0.5, 0.6) is 0 Å². The maximum Gasteiger partial charge on any atom is 0.258 e. The van der Waals surface area contributed by atoms with E-state index < -0.39 is 11.6 Å². The molecule has 0 N–H and O–H groups in total. The van der Waals surface area contributed by atoms with Gasteiger partial charge in [-0.2, -0.15) is 0 Å². The van der Waals surface area contributed by atoms with Crippen LogP contribution in [0.25, 0.3) is 0 Å². The number of carbonyl (C=O) groups is 3. The van der Waals surface area contributed by atoms with E-state index in [9.17, 15) is 19.5 Å². The summed E-state index contributed by atoms with van der Waals surface area (Å²) < 4.78 is 0. The highest BCUT2D eigenvalue weighted by Gasteiger charge is 2.57. The zero-order valence-corrected chi connectivity index (χ0v) is 11.8. The van der Waals surface area contributed by atoms with E-state index in [-0.39, 0.29) is 30.7 Å². The second-order valence-electron chi connectivity index (χ2n) is 5.62. The lowest BCUT2D eigenvalue weighted by Gasteiger charge is -2.52. The van der Waals surface area contributed by atoms with Gasteiger partial charge in [0.05, 0.1) is 17.2 Å². The number of carboxylic acids is 1. The van der Waals surface area contributed by atoms with Gasteiger partial charge in [0.25, 0.3) is 5.91 Å². The molecule has 2 aliphatic heterocycles. The van der Waals surface area contributed by atoms with Crippen LogP contribution >= 0.6 is 0 Å². The summed E-state index contributed by atoms with van der Waals surface area (Å²) in [7, 11) is 0. The zero-order valence-electron chi connectivity index (χ0n) is 11.8. The van der Waals surface area contributed by atoms with Crippen LogP contribution in [0, 0.1) is 0 Å². The van der Waals surface area contributed by atoms with E-state index in [0.29, 0.717) is 11.3 Å². The van der Waals surface area contributed by atoms with Crippen molar-refractivity contribution in [2.45, 2.75) is 38.4 Å². The second-order valence-corrected chi connectivity index (χ2v) is 5.62. The van der Waals surface area contributed by atoms with Gasteiger partial charge in [0, 0.05) is 18.9 Å². The molecule has 0 unspecified atom stereocenters. The molecule has 3 rings (SSSR count). The van der Waals surface area contributed by atoms with Crippen LogP contribution in [-0.4, -0.2) is 34.4 Å². The van der Waals surface area contributed by atoms with Crippen molar-refractivity contribution in [2.24, 2.45) is 0 Å². The molecule has 1 saturated heterocycles. The summed E-state index contributed by atoms with van der Waals surface area (Å²) in [6.45, 7) is 3.47. The van der Waals surface area contributed by atoms with Crippen molar-refractivity contribution < 1.29 is 19.5 Å². The Kier molecular flexibility index (Phi) is 2.79. The van der Waals surface area contributed by atoms with Gasteiger partial charge in [0.2, 0.25) is 5.91 Å². The molecule has 0 bridgehead atoms. The Hall–Kier alpha value is -2.37. The van der Waals surface area contributed by atoms with Gasteiger partial charge >= 0.3 is 0 Å². The Bertz CT molecular complexity index is 655. The van der Waals surface area contributed by atoms with Gasteiger partial charge in [-0.25, -0.2) is 0 Å². The number of aliphatic carboxylic acids is 1. The Morgan fingerprint density at radius 3 is 2.57 bits per heavy atom. The van der Waals surface area contributed by atoms with Gasteiger partial charge in [-0.15, -0.1) is 0 Å². The molecule has 0 aliphatic carbocycles. The van der Waals surface area contributed by atoms with Crippen LogP contribution in [0.4, 0.5) is 5.69 Å². The number of carbonyl (C=O) groups excluding carboxylic acids is 3. The lowest BCUT2D eigenvalue weighted by molar-refractivity contribution is -0.318. The van der Waals surface area contributed by atoms with Crippen molar-refractivity contribution in [3.05, 3.63) is 29.8 Å². The number of fused-ring (bicyclic) bond motifs is 3. The highest BCUT2D eigenvalue weighted by Crippen LogP contribution is 2.44. The Morgan fingerprint density at radius 1 is 1.29 bits per heavy atom. The van der Waals surface area contributed by atoms with Crippen molar-refractivity contribution >= 4 is 23.5 Å². The van der Waals surface area contributed by atoms with Crippen molar-refractivity contribution in [3.8, 4) is 0 Å². The van der Waals surface area contributed by atoms with E-state index in [1.807, 2.05) is 0 Å². The van der Waals surface area contributed by atoms with E-state index in [0.717, 1.165) is 0 Å². The van der Waals surface area contributed by atoms with Crippen LogP contribution in [0.15, 0.2) is 24.3 Å². The Balaban J connectivity index is 2.33. The van der Waals surface area contributed by atoms with Crippen LogP contribution in [-0.2, 0) is 9.59 Å². The lowest BCUT2D eigenvalue weighted by Crippen LogP contribution is -2.72. The number of hydrogen-bond acceptors (Lipinski definition) is 4. The third-order valence-corrected chi connectivity index (χ3v) is 4.14. The molecule has 110 valence electrons. The second kappa shape index (κ2) is 4.31. The molecule has 6 heteroatoms. The van der Waals surface area contributed by atoms with Crippen LogP contribution in [0.3, 0.4) is 0 Å². The average Bonchev–Trinajstić information content (AvgIpc) is 2.78. The van der Waals surface area contributed by atoms with Gasteiger partial charge < -0.3 is 14.8 Å². The summed E-state index contributed by atoms with van der Waals surface area (Å²) in [5, 5.41) is 11.9. The topological polar surface area (TPSA) is 80.8 Å². The molecule has 2 amide bonds. The number of amides is 2. The minimum atomic E-state index is -1.71. The Morgan fingerprint density at radius 2 is 1.95 bits per heavy atom. The fourth-order valence-electron chi connectivity index (χ4n) is 3.37. The van der Waals surface area contributed by atoms with Gasteiger partial charge in [-0.1, -0.05) is 12.1 Å². The molecule has 0 saturated carbocycles. The third kappa shape index (κ3) is 1.55. The summed E-state index contributed by atoms with van der Waals surface area (Å²) in [5.74, 6) is -2.09. The molecular formula is C15H15N2O4-. The number of benzene rings is 1. The number of hydrogen-bond donors (Lipinski definition) is 0. The van der Waals surface area contributed by atoms with E-state index in [2.05, 4.69) is 0 Å². The normalized spacial score (nSPS) is 24.3. The minimum absolute atomic E-state index is 0.0480. The number of para-hydroxylation sites is 1. The smallest absolute Gasteiger partial charge is 0.258 e. The summed E-state index contributed by atoms with van der Waals surface area (Å²) in [4.78, 5) is 39.3. The van der Waals surface area contributed by atoms with Crippen molar-refractivity contribution in [1.82, 2.24) is 4.90 Å². The zero-order chi connectivity index (χ0) is 15.4. The van der Waals surface area contributed by atoms with Crippen molar-refractivity contribution in [3.63, 3.8) is 0 Å². The first-order chi connectivity index (χ1) is 9.91. The monoisotopic (exact) mass is 287 g/mol. The lowest BCUT2D eigenvalue weighted by atomic mass is 9.95. The van der Waals surface area contributed by atoms with Crippen molar-refractivity contribution in [1.29, 1.82) is 0 Å². The Labute approximate surface area is 122 Å². The first-order valence-electron chi connectivity index (χ1n) is 6.88. The molecule has 0 aromatic heterocycles. The van der Waals surface area contributed by atoms with Crippen LogP contribution < -0.4 is 10.0 Å². The quantitative estimate of drug-likeness (QED) is 0.774. The first kappa shape index (κ1) is 13.6. The summed E-state index contributed by atoms with van der Waals surface area (Å²) >= 11 is 0. The number of rotatable bonds is 2. The molecule has 21 heavy (non-hydrogen) atoms. The molecule has 1 fully saturated rings. The third-order valence-electron chi connectivity index (χ3n) is 4.14. The molecule has 2 aliphatic rings. The van der Waals surface area contributed by atoms with E-state index in [4.69, 9.17) is 0 Å². The van der Waals surface area contributed by atoms with Gasteiger partial charge in [0.15, 0.2) is 5.66 Å². The molecule has 1 atom stereocenters. The van der Waals surface area contributed by atoms with Gasteiger partial charge in [-0.05, 0) is 26.0 Å². The SMILES string of the molecule is CC(C)N1C(=O)c2ccccc2N2C(=O)CC[C@]21C(=O)[O-]. The first-order valence-corrected chi connectivity index (χ1v) is 6.88. The number of carboxylic acid groups (broad SMARTS) is 1. The molecule has 2 heterocycles. The van der Waals surface area contributed by atoms with E-state index in [1.54, 1.807) is 38.1 Å². The molecule has 1 aromatic carbocycles. The highest BCUT2D eigenvalue weighted by molar-refractivity contribution is 6.15. The largest absolute Gasteiger partial charge is 0.545 e. The van der Waals surface area contributed by atoms with Crippen molar-refractivity contribution in [2.75, 3.05) is 4.90 Å². The summed E-state index contributed by atoms with van der Waals surface area (Å²) in [6, 6.07) is 6.23. The number of anilines is 1. The summed E-state index contributed by atoms with van der Waals surface area (Å²) in [6.07, 6.45) is 0.130. The maximum atomic E-state index is 12.7. The predicted octanol–water partition coefficient (Wildman–Crippen LogP) is 0.124. The molecule has 6 nitrogen and oxygen atoms in total. The van der Waals surface area contributed by atoms with E-state index in [1.165, 1.54) is 9.80 Å². The fraction of sp³-hybridized carbons (Fsp3) is 0.400. The fourth-order valence-corrected chi connectivity index (χ4v) is 3.37. The van der Waals surface area contributed by atoms with E-state index >= 15 is 0 Å². The molecule has 0 radical (unpaired) electrons. The van der Waals surface area contributed by atoms with Gasteiger partial charge in [-0.3, -0.25) is 14.5 Å². The standard InChI is InChI=1S/C15H16N2O4/c1-9(2)16-13(19)10-5-3-4-6-11(10)17-12(18)7-8-15(16,17)14(20)21/h3-6,9H,7-8H2,1-2H3,(H,20,21)/p-1/t15-/m1/s1. The number of nitrogens with zero attached hydrogens (tertiary/aromatic N) is 2. The van der Waals surface area contributed by atoms with Crippen LogP contribution in [0.1, 0.15) is 37.0 Å². The van der Waals surface area contributed by atoms with Gasteiger partial charge in [0.1, 0.15) is 0 Å². The molecule has 1 aromatic rings. The molecule has 0 spiro atoms.